The summed E-state index contributed by atoms with van der Waals surface area (Å²) in [7, 11) is 5.15. The van der Waals surface area contributed by atoms with Crippen molar-refractivity contribution in [1.29, 1.82) is 0 Å². The monoisotopic (exact) mass is 213 g/mol. The fourth-order valence-electron chi connectivity index (χ4n) is 1.52. The second kappa shape index (κ2) is 5.85. The van der Waals surface area contributed by atoms with Crippen LogP contribution >= 0.6 is 0 Å². The van der Waals surface area contributed by atoms with Crippen molar-refractivity contribution in [3.63, 3.8) is 0 Å². The van der Waals surface area contributed by atoms with Crippen LogP contribution in [0.1, 0.15) is 12.2 Å². The van der Waals surface area contributed by atoms with E-state index in [0.29, 0.717) is 0 Å². The van der Waals surface area contributed by atoms with E-state index in [1.54, 1.807) is 20.4 Å². The Bertz CT molecular complexity index is 284. The van der Waals surface area contributed by atoms with Crippen LogP contribution in [0, 0.1) is 0 Å². The molecule has 1 unspecified atom stereocenters. The summed E-state index contributed by atoms with van der Waals surface area (Å²) in [6.45, 7) is 0. The van der Waals surface area contributed by atoms with Crippen LogP contribution in [0.25, 0.3) is 0 Å². The molecule has 0 aliphatic carbocycles. The summed E-state index contributed by atoms with van der Waals surface area (Å²) in [6.07, 6.45) is 4.98. The van der Waals surface area contributed by atoms with E-state index in [9.17, 15) is 0 Å². The average Bonchev–Trinajstić information content (AvgIpc) is 2.63. The van der Waals surface area contributed by atoms with E-state index in [2.05, 4.69) is 4.98 Å². The molecule has 5 heteroatoms. The van der Waals surface area contributed by atoms with Crippen molar-refractivity contribution in [2.24, 2.45) is 12.8 Å². The van der Waals surface area contributed by atoms with E-state index in [4.69, 9.17) is 15.2 Å². The Kier molecular flexibility index (Phi) is 4.74. The van der Waals surface area contributed by atoms with Crippen LogP contribution in [0.2, 0.25) is 0 Å². The van der Waals surface area contributed by atoms with Crippen molar-refractivity contribution >= 4 is 0 Å². The number of imidazole rings is 1. The maximum atomic E-state index is 5.92. The van der Waals surface area contributed by atoms with Gasteiger partial charge in [0.2, 0.25) is 0 Å². The Balaban J connectivity index is 2.40. The summed E-state index contributed by atoms with van der Waals surface area (Å²) >= 11 is 0. The zero-order valence-corrected chi connectivity index (χ0v) is 9.51. The number of hydrogen-bond acceptors (Lipinski definition) is 4. The molecule has 0 saturated heterocycles. The number of hydrogen-bond donors (Lipinski definition) is 1. The van der Waals surface area contributed by atoms with Crippen LogP contribution in [0.3, 0.4) is 0 Å². The van der Waals surface area contributed by atoms with Gasteiger partial charge in [-0.05, 0) is 6.42 Å². The average molecular weight is 213 g/mol. The standard InChI is InChI=1S/C10H19N3O2/c1-13-7-6-12-9(13)5-4-8(11)10(14-2)15-3/h6-8,10H,4-5,11H2,1-3H3. The number of ether oxygens (including phenoxy) is 2. The molecule has 15 heavy (non-hydrogen) atoms. The molecule has 0 bridgehead atoms. The molecule has 0 aliphatic rings. The second-order valence-corrected chi connectivity index (χ2v) is 3.50. The molecule has 1 aromatic heterocycles. The molecule has 0 fully saturated rings. The molecular formula is C10H19N3O2. The summed E-state index contributed by atoms with van der Waals surface area (Å²) < 4.78 is 12.2. The van der Waals surface area contributed by atoms with Gasteiger partial charge in [-0.2, -0.15) is 0 Å². The van der Waals surface area contributed by atoms with Crippen molar-refractivity contribution in [2.75, 3.05) is 14.2 Å². The molecule has 1 heterocycles. The van der Waals surface area contributed by atoms with Gasteiger partial charge in [0.15, 0.2) is 6.29 Å². The first-order valence-corrected chi connectivity index (χ1v) is 4.96. The maximum Gasteiger partial charge on any atom is 0.171 e. The first-order valence-electron chi connectivity index (χ1n) is 4.96. The van der Waals surface area contributed by atoms with Gasteiger partial charge in [-0.15, -0.1) is 0 Å². The summed E-state index contributed by atoms with van der Waals surface area (Å²) in [5.74, 6) is 1.02. The highest BCUT2D eigenvalue weighted by molar-refractivity contribution is 4.92. The molecule has 0 spiro atoms. The van der Waals surface area contributed by atoms with Gasteiger partial charge in [-0.1, -0.05) is 0 Å². The number of methoxy groups -OCH3 is 2. The van der Waals surface area contributed by atoms with Crippen LogP contribution in [0.15, 0.2) is 12.4 Å². The number of nitrogens with zero attached hydrogens (tertiary/aromatic N) is 2. The molecule has 0 radical (unpaired) electrons. The molecule has 0 aliphatic heterocycles. The molecule has 86 valence electrons. The number of rotatable bonds is 6. The largest absolute Gasteiger partial charge is 0.354 e. The number of nitrogens with two attached hydrogens (primary N) is 1. The van der Waals surface area contributed by atoms with Crippen molar-refractivity contribution in [1.82, 2.24) is 9.55 Å². The second-order valence-electron chi connectivity index (χ2n) is 3.50. The van der Waals surface area contributed by atoms with Gasteiger partial charge in [0.05, 0.1) is 6.04 Å². The fraction of sp³-hybridized carbons (Fsp3) is 0.700. The highest BCUT2D eigenvalue weighted by Crippen LogP contribution is 2.06. The van der Waals surface area contributed by atoms with Gasteiger partial charge in [0, 0.05) is 40.1 Å². The third-order valence-electron chi connectivity index (χ3n) is 2.44. The predicted molar refractivity (Wildman–Crippen MR) is 57.3 cm³/mol. The molecule has 0 amide bonds. The lowest BCUT2D eigenvalue weighted by Crippen LogP contribution is -2.37. The van der Waals surface area contributed by atoms with Crippen LogP contribution in [-0.4, -0.2) is 36.1 Å². The third-order valence-corrected chi connectivity index (χ3v) is 2.44. The Morgan fingerprint density at radius 3 is 2.60 bits per heavy atom. The highest BCUT2D eigenvalue weighted by Gasteiger charge is 2.16. The first-order chi connectivity index (χ1) is 7.19. The third kappa shape index (κ3) is 3.30. The van der Waals surface area contributed by atoms with Crippen LogP contribution in [0.5, 0.6) is 0 Å². The van der Waals surface area contributed by atoms with Gasteiger partial charge in [0.25, 0.3) is 0 Å². The van der Waals surface area contributed by atoms with Crippen LogP contribution in [0.4, 0.5) is 0 Å². The Morgan fingerprint density at radius 2 is 2.13 bits per heavy atom. The Labute approximate surface area is 90.2 Å². The van der Waals surface area contributed by atoms with Crippen molar-refractivity contribution in [3.8, 4) is 0 Å². The molecule has 0 aromatic carbocycles. The zero-order valence-electron chi connectivity index (χ0n) is 9.51. The molecule has 2 N–H and O–H groups in total. The molecular weight excluding hydrogens is 194 g/mol. The van der Waals surface area contributed by atoms with Gasteiger partial charge in [0.1, 0.15) is 5.82 Å². The van der Waals surface area contributed by atoms with E-state index in [-0.39, 0.29) is 12.3 Å². The number of aromatic nitrogens is 2. The normalized spacial score (nSPS) is 13.4. The minimum atomic E-state index is -0.342. The van der Waals surface area contributed by atoms with E-state index in [1.807, 2.05) is 17.8 Å². The maximum absolute atomic E-state index is 5.92. The van der Waals surface area contributed by atoms with Crippen molar-refractivity contribution < 1.29 is 9.47 Å². The SMILES string of the molecule is COC(OC)C(N)CCc1nccn1C. The topological polar surface area (TPSA) is 62.3 Å². The lowest BCUT2D eigenvalue weighted by Gasteiger charge is -2.20. The number of aryl methyl sites for hydroxylation is 2. The van der Waals surface area contributed by atoms with Crippen LogP contribution in [-0.2, 0) is 22.9 Å². The van der Waals surface area contributed by atoms with Crippen molar-refractivity contribution in [3.05, 3.63) is 18.2 Å². The molecule has 0 saturated carbocycles. The summed E-state index contributed by atoms with van der Waals surface area (Å²) in [6, 6.07) is -0.128. The summed E-state index contributed by atoms with van der Waals surface area (Å²) in [5, 5.41) is 0. The minimum absolute atomic E-state index is 0.128. The molecule has 1 aromatic rings. The quantitative estimate of drug-likeness (QED) is 0.690. The van der Waals surface area contributed by atoms with Crippen molar-refractivity contribution in [2.45, 2.75) is 25.2 Å². The highest BCUT2D eigenvalue weighted by atomic mass is 16.7. The van der Waals surface area contributed by atoms with Gasteiger partial charge >= 0.3 is 0 Å². The zero-order chi connectivity index (χ0) is 11.3. The van der Waals surface area contributed by atoms with E-state index in [0.717, 1.165) is 18.7 Å². The lowest BCUT2D eigenvalue weighted by atomic mass is 10.1. The van der Waals surface area contributed by atoms with E-state index in [1.165, 1.54) is 0 Å². The smallest absolute Gasteiger partial charge is 0.171 e. The fourth-order valence-corrected chi connectivity index (χ4v) is 1.52. The molecule has 5 nitrogen and oxygen atoms in total. The molecule has 1 atom stereocenters. The van der Waals surface area contributed by atoms with E-state index < -0.39 is 0 Å². The molecule has 1 rings (SSSR count). The summed E-state index contributed by atoms with van der Waals surface area (Å²) in [5.41, 5.74) is 5.92. The predicted octanol–water partition coefficient (Wildman–Crippen LogP) is 0.299. The Morgan fingerprint density at radius 1 is 1.47 bits per heavy atom. The minimum Gasteiger partial charge on any atom is -0.354 e. The summed E-state index contributed by atoms with van der Waals surface area (Å²) in [4.78, 5) is 4.22. The van der Waals surface area contributed by atoms with Gasteiger partial charge < -0.3 is 19.8 Å². The first kappa shape index (κ1) is 12.2. The van der Waals surface area contributed by atoms with Gasteiger partial charge in [-0.3, -0.25) is 0 Å². The van der Waals surface area contributed by atoms with Gasteiger partial charge in [-0.25, -0.2) is 4.98 Å². The van der Waals surface area contributed by atoms with E-state index >= 15 is 0 Å². The van der Waals surface area contributed by atoms with Crippen LogP contribution < -0.4 is 5.73 Å². The Hall–Kier alpha value is -0.910. The lowest BCUT2D eigenvalue weighted by molar-refractivity contribution is -0.117.